The molecule has 0 heterocycles. The minimum atomic E-state index is 0.723. The SMILES string of the molecule is C#CCN(CC)C1CCC1CNCC(C)C. The second-order valence-electron chi connectivity index (χ2n) is 5.22. The van der Waals surface area contributed by atoms with E-state index in [1.165, 1.54) is 12.8 Å². The van der Waals surface area contributed by atoms with Crippen molar-refractivity contribution in [3.8, 4) is 12.3 Å². The van der Waals surface area contributed by atoms with Gasteiger partial charge in [0.05, 0.1) is 6.54 Å². The first-order chi connectivity index (χ1) is 7.69. The van der Waals surface area contributed by atoms with Crippen LogP contribution in [0.2, 0.25) is 0 Å². The van der Waals surface area contributed by atoms with Crippen molar-refractivity contribution in [1.82, 2.24) is 10.2 Å². The Kier molecular flexibility index (Phi) is 5.87. The molecule has 2 atom stereocenters. The van der Waals surface area contributed by atoms with Crippen molar-refractivity contribution in [1.29, 1.82) is 0 Å². The second-order valence-corrected chi connectivity index (χ2v) is 5.22. The van der Waals surface area contributed by atoms with Crippen LogP contribution in [0.25, 0.3) is 0 Å². The lowest BCUT2D eigenvalue weighted by Crippen LogP contribution is -2.50. The van der Waals surface area contributed by atoms with Crippen LogP contribution in [0, 0.1) is 24.2 Å². The van der Waals surface area contributed by atoms with Crippen LogP contribution in [0.5, 0.6) is 0 Å². The van der Waals surface area contributed by atoms with Gasteiger partial charge in [0.15, 0.2) is 0 Å². The van der Waals surface area contributed by atoms with Crippen LogP contribution in [0.3, 0.4) is 0 Å². The summed E-state index contributed by atoms with van der Waals surface area (Å²) in [6.45, 7) is 10.9. The van der Waals surface area contributed by atoms with Gasteiger partial charge in [0.2, 0.25) is 0 Å². The van der Waals surface area contributed by atoms with Crippen LogP contribution in [-0.2, 0) is 0 Å². The molecule has 0 aromatic rings. The predicted octanol–water partition coefficient (Wildman–Crippen LogP) is 1.97. The monoisotopic (exact) mass is 222 g/mol. The quantitative estimate of drug-likeness (QED) is 0.663. The third-order valence-electron chi connectivity index (χ3n) is 3.51. The van der Waals surface area contributed by atoms with E-state index in [9.17, 15) is 0 Å². The van der Waals surface area contributed by atoms with E-state index in [1.807, 2.05) is 0 Å². The zero-order valence-electron chi connectivity index (χ0n) is 11.0. The lowest BCUT2D eigenvalue weighted by Gasteiger charge is -2.43. The van der Waals surface area contributed by atoms with Crippen LogP contribution >= 0.6 is 0 Å². The van der Waals surface area contributed by atoms with Gasteiger partial charge in [-0.15, -0.1) is 6.42 Å². The first-order valence-corrected chi connectivity index (χ1v) is 6.57. The molecule has 0 saturated heterocycles. The standard InChI is InChI=1S/C14H26N2/c1-5-9-16(6-2)14-8-7-13(14)11-15-10-12(3)4/h1,12-15H,6-11H2,2-4H3. The fourth-order valence-corrected chi connectivity index (χ4v) is 2.41. The molecule has 1 N–H and O–H groups in total. The Labute approximate surface area is 101 Å². The molecule has 2 unspecified atom stereocenters. The minimum absolute atomic E-state index is 0.723. The van der Waals surface area contributed by atoms with Gasteiger partial charge in [-0.2, -0.15) is 0 Å². The largest absolute Gasteiger partial charge is 0.316 e. The van der Waals surface area contributed by atoms with E-state index in [1.54, 1.807) is 0 Å². The molecule has 0 aliphatic heterocycles. The van der Waals surface area contributed by atoms with E-state index in [0.29, 0.717) is 0 Å². The molecule has 0 aromatic carbocycles. The maximum atomic E-state index is 5.40. The van der Waals surface area contributed by atoms with Crippen molar-refractivity contribution in [3.05, 3.63) is 0 Å². The van der Waals surface area contributed by atoms with E-state index >= 15 is 0 Å². The molecule has 2 heteroatoms. The molecule has 1 aliphatic carbocycles. The molecular weight excluding hydrogens is 196 g/mol. The highest BCUT2D eigenvalue weighted by atomic mass is 15.2. The summed E-state index contributed by atoms with van der Waals surface area (Å²) in [6.07, 6.45) is 8.08. The Hall–Kier alpha value is -0.520. The number of rotatable bonds is 7. The number of nitrogens with zero attached hydrogens (tertiary/aromatic N) is 1. The van der Waals surface area contributed by atoms with Gasteiger partial charge in [0.25, 0.3) is 0 Å². The molecule has 0 radical (unpaired) electrons. The van der Waals surface area contributed by atoms with Crippen LogP contribution < -0.4 is 5.32 Å². The molecule has 92 valence electrons. The molecule has 0 bridgehead atoms. The lowest BCUT2D eigenvalue weighted by molar-refractivity contribution is 0.0772. The number of terminal acetylenes is 1. The van der Waals surface area contributed by atoms with Crippen LogP contribution in [0.15, 0.2) is 0 Å². The first kappa shape index (κ1) is 13.5. The molecular formula is C14H26N2. The highest BCUT2D eigenvalue weighted by Gasteiger charge is 2.33. The number of hydrogen-bond acceptors (Lipinski definition) is 2. The normalized spacial score (nSPS) is 24.5. The fourth-order valence-electron chi connectivity index (χ4n) is 2.41. The zero-order chi connectivity index (χ0) is 12.0. The van der Waals surface area contributed by atoms with E-state index in [-0.39, 0.29) is 0 Å². The van der Waals surface area contributed by atoms with Crippen LogP contribution in [0.4, 0.5) is 0 Å². The van der Waals surface area contributed by atoms with Gasteiger partial charge in [-0.1, -0.05) is 26.7 Å². The Morgan fingerprint density at radius 2 is 2.19 bits per heavy atom. The van der Waals surface area contributed by atoms with Gasteiger partial charge < -0.3 is 5.32 Å². The molecule has 0 amide bonds. The molecule has 1 fully saturated rings. The third-order valence-corrected chi connectivity index (χ3v) is 3.51. The summed E-state index contributed by atoms with van der Waals surface area (Å²) in [5.41, 5.74) is 0. The fraction of sp³-hybridized carbons (Fsp3) is 0.857. The predicted molar refractivity (Wildman–Crippen MR) is 70.3 cm³/mol. The van der Waals surface area contributed by atoms with E-state index in [0.717, 1.165) is 44.1 Å². The maximum absolute atomic E-state index is 5.40. The van der Waals surface area contributed by atoms with Gasteiger partial charge in [0, 0.05) is 6.04 Å². The Balaban J connectivity index is 2.26. The molecule has 16 heavy (non-hydrogen) atoms. The Morgan fingerprint density at radius 1 is 1.44 bits per heavy atom. The summed E-state index contributed by atoms with van der Waals surface area (Å²) in [4.78, 5) is 2.44. The van der Waals surface area contributed by atoms with Crippen molar-refractivity contribution in [3.63, 3.8) is 0 Å². The third kappa shape index (κ3) is 3.81. The summed E-state index contributed by atoms with van der Waals surface area (Å²) < 4.78 is 0. The van der Waals surface area contributed by atoms with Crippen molar-refractivity contribution in [2.45, 2.75) is 39.7 Å². The first-order valence-electron chi connectivity index (χ1n) is 6.57. The highest BCUT2D eigenvalue weighted by Crippen LogP contribution is 2.31. The van der Waals surface area contributed by atoms with Gasteiger partial charge in [-0.25, -0.2) is 0 Å². The van der Waals surface area contributed by atoms with E-state index in [2.05, 4.69) is 36.9 Å². The molecule has 2 nitrogen and oxygen atoms in total. The lowest BCUT2D eigenvalue weighted by atomic mass is 9.78. The summed E-state index contributed by atoms with van der Waals surface area (Å²) >= 11 is 0. The van der Waals surface area contributed by atoms with Gasteiger partial charge in [0.1, 0.15) is 0 Å². The smallest absolute Gasteiger partial charge is 0.0601 e. The van der Waals surface area contributed by atoms with E-state index < -0.39 is 0 Å². The van der Waals surface area contributed by atoms with Crippen molar-refractivity contribution in [2.75, 3.05) is 26.2 Å². The van der Waals surface area contributed by atoms with Crippen LogP contribution in [0.1, 0.15) is 33.6 Å². The molecule has 0 spiro atoms. The highest BCUT2D eigenvalue weighted by molar-refractivity contribution is 4.96. The number of nitrogens with one attached hydrogen (secondary N) is 1. The van der Waals surface area contributed by atoms with Gasteiger partial charge >= 0.3 is 0 Å². The van der Waals surface area contributed by atoms with Crippen molar-refractivity contribution >= 4 is 0 Å². The summed E-state index contributed by atoms with van der Waals surface area (Å²) in [6, 6.07) is 0.723. The summed E-state index contributed by atoms with van der Waals surface area (Å²) in [5, 5.41) is 3.56. The van der Waals surface area contributed by atoms with Gasteiger partial charge in [-0.05, 0) is 44.3 Å². The number of hydrogen-bond donors (Lipinski definition) is 1. The average Bonchev–Trinajstić information content (AvgIpc) is 2.21. The molecule has 1 aliphatic rings. The van der Waals surface area contributed by atoms with Crippen LogP contribution in [-0.4, -0.2) is 37.1 Å². The molecule has 1 rings (SSSR count). The molecule has 0 aromatic heterocycles. The zero-order valence-corrected chi connectivity index (χ0v) is 11.0. The van der Waals surface area contributed by atoms with Gasteiger partial charge in [-0.3, -0.25) is 4.90 Å². The average molecular weight is 222 g/mol. The Morgan fingerprint density at radius 3 is 2.62 bits per heavy atom. The topological polar surface area (TPSA) is 15.3 Å². The summed E-state index contributed by atoms with van der Waals surface area (Å²) in [7, 11) is 0. The molecule has 1 saturated carbocycles. The Bertz CT molecular complexity index is 229. The van der Waals surface area contributed by atoms with E-state index in [4.69, 9.17) is 6.42 Å². The second kappa shape index (κ2) is 6.93. The summed E-state index contributed by atoms with van der Waals surface area (Å²) in [5.74, 6) is 4.32. The maximum Gasteiger partial charge on any atom is 0.0601 e. The van der Waals surface area contributed by atoms with Crippen molar-refractivity contribution < 1.29 is 0 Å². The van der Waals surface area contributed by atoms with Crippen molar-refractivity contribution in [2.24, 2.45) is 11.8 Å². The minimum Gasteiger partial charge on any atom is -0.316 e.